The van der Waals surface area contributed by atoms with Gasteiger partial charge in [-0.3, -0.25) is 9.80 Å². The van der Waals surface area contributed by atoms with E-state index in [1.54, 1.807) is 24.3 Å². The highest BCUT2D eigenvalue weighted by molar-refractivity contribution is 7.91. The number of anilines is 2. The van der Waals surface area contributed by atoms with Crippen molar-refractivity contribution in [1.29, 1.82) is 0 Å². The number of benzene rings is 2. The molecule has 2 aromatic rings. The first-order valence-corrected chi connectivity index (χ1v) is 10.6. The minimum atomic E-state index is -4.57. The van der Waals surface area contributed by atoms with Gasteiger partial charge in [-0.1, -0.05) is 6.07 Å². The van der Waals surface area contributed by atoms with Crippen LogP contribution in [-0.2, 0) is 16.0 Å². The second-order valence-electron chi connectivity index (χ2n) is 6.98. The molecular formula is C19H17F3N2O4S. The topological polar surface area (TPSA) is 66.9 Å². The van der Waals surface area contributed by atoms with Gasteiger partial charge in [0.05, 0.1) is 36.3 Å². The maximum Gasteiger partial charge on any atom is 0.416 e. The summed E-state index contributed by atoms with van der Waals surface area (Å²) in [6.07, 6.45) is -4.57. The summed E-state index contributed by atoms with van der Waals surface area (Å²) in [6.45, 7) is 0. The van der Waals surface area contributed by atoms with Crippen LogP contribution in [0.2, 0.25) is 0 Å². The lowest BCUT2D eigenvalue weighted by Gasteiger charge is -2.23. The molecule has 4 rings (SSSR count). The predicted molar refractivity (Wildman–Crippen MR) is 101 cm³/mol. The first kappa shape index (κ1) is 19.6. The molecule has 6 nitrogen and oxygen atoms in total. The van der Waals surface area contributed by atoms with Crippen LogP contribution < -0.4 is 14.5 Å². The molecule has 2 aliphatic heterocycles. The van der Waals surface area contributed by atoms with Crippen molar-refractivity contribution in [3.63, 3.8) is 0 Å². The second kappa shape index (κ2) is 6.65. The summed E-state index contributed by atoms with van der Waals surface area (Å²) in [5, 5.41) is 0. The van der Waals surface area contributed by atoms with Crippen molar-refractivity contribution in [2.24, 2.45) is 0 Å². The fraction of sp³-hybridized carbons (Fsp3) is 0.316. The monoisotopic (exact) mass is 426 g/mol. The second-order valence-corrected chi connectivity index (χ2v) is 9.13. The van der Waals surface area contributed by atoms with Gasteiger partial charge in [0, 0.05) is 11.4 Å². The van der Waals surface area contributed by atoms with Crippen LogP contribution in [0.3, 0.4) is 0 Å². The normalized spacial score (nSPS) is 23.4. The van der Waals surface area contributed by atoms with Crippen molar-refractivity contribution in [3.8, 4) is 5.75 Å². The van der Waals surface area contributed by atoms with Crippen molar-refractivity contribution in [2.75, 3.05) is 28.4 Å². The molecule has 2 aliphatic rings. The molecule has 29 heavy (non-hydrogen) atoms. The van der Waals surface area contributed by atoms with Gasteiger partial charge in [-0.15, -0.1) is 0 Å². The quantitative estimate of drug-likeness (QED) is 0.707. The first-order chi connectivity index (χ1) is 13.6. The summed E-state index contributed by atoms with van der Waals surface area (Å²) in [5.74, 6) is 0.0164. The molecule has 0 aromatic heterocycles. The third kappa shape index (κ3) is 3.41. The lowest BCUT2D eigenvalue weighted by molar-refractivity contribution is -0.137. The van der Waals surface area contributed by atoms with Crippen molar-refractivity contribution in [2.45, 2.75) is 18.3 Å². The maximum atomic E-state index is 13.2. The Bertz CT molecular complexity index is 1050. The molecule has 0 bridgehead atoms. The average molecular weight is 426 g/mol. The molecule has 2 aromatic carbocycles. The van der Waals surface area contributed by atoms with Crippen LogP contribution in [0, 0.1) is 0 Å². The molecule has 2 atom stereocenters. The number of rotatable bonds is 3. The zero-order valence-electron chi connectivity index (χ0n) is 15.3. The Kier molecular flexibility index (Phi) is 4.49. The number of sulfone groups is 1. The zero-order chi connectivity index (χ0) is 21.0. The molecule has 154 valence electrons. The lowest BCUT2D eigenvalue weighted by Crippen LogP contribution is -2.38. The van der Waals surface area contributed by atoms with Crippen molar-refractivity contribution >= 4 is 27.2 Å². The van der Waals surface area contributed by atoms with E-state index in [2.05, 4.69) is 0 Å². The average Bonchev–Trinajstić information content (AvgIpc) is 3.09. The van der Waals surface area contributed by atoms with Gasteiger partial charge in [0.15, 0.2) is 9.84 Å². The standard InChI is InChI=1S/C19H17F3N2O4S/c1-28-15-7-5-13(6-8-15)23-16-10-29(26,27)11-17(16)24(18(23)25)14-4-2-3-12(9-14)19(20,21)22/h2-9,16-17H,10-11H2,1H3/t16-,17+/m0/s1. The highest BCUT2D eigenvalue weighted by Crippen LogP contribution is 2.40. The Hall–Kier alpha value is -2.75. The van der Waals surface area contributed by atoms with Gasteiger partial charge in [-0.05, 0) is 42.5 Å². The number of carbonyl (C=O) groups excluding carboxylic acids is 1. The number of methoxy groups -OCH3 is 1. The van der Waals surface area contributed by atoms with Gasteiger partial charge in [0.25, 0.3) is 0 Å². The van der Waals surface area contributed by atoms with Crippen molar-refractivity contribution in [3.05, 3.63) is 54.1 Å². The van der Waals surface area contributed by atoms with Gasteiger partial charge in [0.1, 0.15) is 5.75 Å². The minimum Gasteiger partial charge on any atom is -0.497 e. The fourth-order valence-electron chi connectivity index (χ4n) is 3.88. The number of urea groups is 1. The summed E-state index contributed by atoms with van der Waals surface area (Å²) in [6, 6.07) is 8.87. The number of fused-ring (bicyclic) bond motifs is 1. The highest BCUT2D eigenvalue weighted by Gasteiger charge is 2.54. The first-order valence-electron chi connectivity index (χ1n) is 8.75. The zero-order valence-corrected chi connectivity index (χ0v) is 16.1. The largest absolute Gasteiger partial charge is 0.497 e. The fourth-order valence-corrected chi connectivity index (χ4v) is 5.80. The van der Waals surface area contributed by atoms with Crippen LogP contribution in [0.4, 0.5) is 29.3 Å². The maximum absolute atomic E-state index is 13.2. The van der Waals surface area contributed by atoms with Gasteiger partial charge in [0.2, 0.25) is 0 Å². The number of alkyl halides is 3. The van der Waals surface area contributed by atoms with Crippen molar-refractivity contribution in [1.82, 2.24) is 0 Å². The van der Waals surface area contributed by atoms with Crippen LogP contribution in [0.1, 0.15) is 5.56 Å². The molecule has 0 unspecified atom stereocenters. The van der Waals surface area contributed by atoms with Gasteiger partial charge in [-0.2, -0.15) is 13.2 Å². The summed E-state index contributed by atoms with van der Waals surface area (Å²) in [7, 11) is -1.95. The molecule has 2 heterocycles. The molecule has 0 saturated carbocycles. The smallest absolute Gasteiger partial charge is 0.416 e. The van der Waals surface area contributed by atoms with Gasteiger partial charge in [-0.25, -0.2) is 13.2 Å². The summed E-state index contributed by atoms with van der Waals surface area (Å²) in [4.78, 5) is 15.7. The molecule has 0 radical (unpaired) electrons. The van der Waals surface area contributed by atoms with Crippen LogP contribution in [0.25, 0.3) is 0 Å². The Morgan fingerprint density at radius 2 is 1.55 bits per heavy atom. The number of nitrogens with zero attached hydrogens (tertiary/aromatic N) is 2. The third-order valence-electron chi connectivity index (χ3n) is 5.17. The molecule has 2 saturated heterocycles. The van der Waals surface area contributed by atoms with Gasteiger partial charge < -0.3 is 4.74 Å². The van der Waals surface area contributed by atoms with E-state index in [-0.39, 0.29) is 17.2 Å². The Balaban J connectivity index is 1.78. The van der Waals surface area contributed by atoms with E-state index < -0.39 is 39.7 Å². The molecule has 2 amide bonds. The predicted octanol–water partition coefficient (Wildman–Crippen LogP) is 3.33. The number of ether oxygens (including phenoxy) is 1. The SMILES string of the molecule is COc1ccc(N2C(=O)N(c3cccc(C(F)(F)F)c3)[C@@H]3CS(=O)(=O)C[C@@H]32)cc1. The summed E-state index contributed by atoms with van der Waals surface area (Å²) in [5.41, 5.74) is -0.423. The number of amides is 2. The molecule has 0 aliphatic carbocycles. The minimum absolute atomic E-state index is 0.0212. The number of hydrogen-bond acceptors (Lipinski definition) is 4. The Morgan fingerprint density at radius 3 is 2.10 bits per heavy atom. The van der Waals surface area contributed by atoms with E-state index in [1.807, 2.05) is 0 Å². The van der Waals surface area contributed by atoms with Crippen molar-refractivity contribution < 1.29 is 31.1 Å². The molecule has 0 spiro atoms. The number of halogens is 3. The molecule has 2 fully saturated rings. The Morgan fingerprint density at radius 1 is 0.966 bits per heavy atom. The summed E-state index contributed by atoms with van der Waals surface area (Å²) < 4.78 is 69.0. The van der Waals surface area contributed by atoms with E-state index in [0.717, 1.165) is 17.0 Å². The molecule has 0 N–H and O–H groups in total. The van der Waals surface area contributed by atoms with E-state index in [0.29, 0.717) is 11.4 Å². The van der Waals surface area contributed by atoms with Crippen LogP contribution in [-0.4, -0.2) is 45.1 Å². The molecule has 10 heteroatoms. The van der Waals surface area contributed by atoms with Crippen LogP contribution in [0.5, 0.6) is 5.75 Å². The lowest BCUT2D eigenvalue weighted by atomic mass is 10.1. The Labute approximate surface area is 165 Å². The third-order valence-corrected chi connectivity index (χ3v) is 6.87. The van der Waals surface area contributed by atoms with E-state index in [4.69, 9.17) is 4.74 Å². The van der Waals surface area contributed by atoms with E-state index in [1.165, 1.54) is 24.1 Å². The molecular weight excluding hydrogens is 409 g/mol. The highest BCUT2D eigenvalue weighted by atomic mass is 32.2. The van der Waals surface area contributed by atoms with Gasteiger partial charge >= 0.3 is 12.2 Å². The van der Waals surface area contributed by atoms with E-state index >= 15 is 0 Å². The number of hydrogen-bond donors (Lipinski definition) is 0. The van der Waals surface area contributed by atoms with Crippen LogP contribution in [0.15, 0.2) is 48.5 Å². The number of carbonyl (C=O) groups is 1. The van der Waals surface area contributed by atoms with Crippen LogP contribution >= 0.6 is 0 Å². The summed E-state index contributed by atoms with van der Waals surface area (Å²) >= 11 is 0. The van der Waals surface area contributed by atoms with E-state index in [9.17, 15) is 26.4 Å².